The second-order valence-electron chi connectivity index (χ2n) is 16.7. The van der Waals surface area contributed by atoms with Crippen molar-refractivity contribution < 1.29 is 0 Å². The first-order valence-corrected chi connectivity index (χ1v) is 22.8. The molecule has 0 N–H and O–H groups in total. The van der Waals surface area contributed by atoms with Gasteiger partial charge in [0.1, 0.15) is 0 Å². The highest BCUT2D eigenvalue weighted by Crippen LogP contribution is 2.50. The molecule has 0 aliphatic carbocycles. The van der Waals surface area contributed by atoms with Crippen molar-refractivity contribution >= 4 is 80.8 Å². The van der Waals surface area contributed by atoms with E-state index in [1.54, 1.807) is 0 Å². The molecule has 0 saturated heterocycles. The highest BCUT2D eigenvalue weighted by atomic mass is 32.1. The van der Waals surface area contributed by atoms with Gasteiger partial charge in [-0.2, -0.15) is 0 Å². The normalized spacial score (nSPS) is 11.7. The van der Waals surface area contributed by atoms with Gasteiger partial charge in [-0.05, 0) is 116 Å². The summed E-state index contributed by atoms with van der Waals surface area (Å²) in [7, 11) is 0. The molecule has 13 aromatic rings. The first-order chi connectivity index (χ1) is 32.2. The van der Waals surface area contributed by atoms with Crippen molar-refractivity contribution in [1.82, 2.24) is 9.13 Å². The maximum atomic E-state index is 9.03. The van der Waals surface area contributed by atoms with Gasteiger partial charge in [0, 0.05) is 26.2 Å². The summed E-state index contributed by atoms with van der Waals surface area (Å²) in [6.07, 6.45) is 0. The van der Waals surface area contributed by atoms with Crippen LogP contribution in [0.15, 0.2) is 224 Å². The molecule has 0 unspecified atom stereocenters. The molecule has 0 saturated carbocycles. The van der Waals surface area contributed by atoms with Crippen molar-refractivity contribution in [3.8, 4) is 55.9 Å². The van der Waals surface area contributed by atoms with Gasteiger partial charge in [0.25, 0.3) is 0 Å². The number of rotatable bonds is 6. The van der Waals surface area contributed by atoms with Gasteiger partial charge in [-0.25, -0.2) is 4.85 Å². The molecule has 0 spiro atoms. The molecule has 302 valence electrons. The van der Waals surface area contributed by atoms with E-state index in [1.807, 2.05) is 11.3 Å². The van der Waals surface area contributed by atoms with Gasteiger partial charge < -0.3 is 9.13 Å². The quantitative estimate of drug-likeness (QED) is 0.148. The second-order valence-corrected chi connectivity index (χ2v) is 17.8. The first-order valence-electron chi connectivity index (χ1n) is 21.9. The first kappa shape index (κ1) is 37.1. The summed E-state index contributed by atoms with van der Waals surface area (Å²) in [6.45, 7) is 9.03. The standard InChI is InChI=1S/C61H37N3S/c1-62-53-38-52-47-24-14-15-25-58(47)65-61(52)60(64-56-32-28-45(41-20-10-4-11-21-41)36-50(56)51-37-46(29-33-57(51)64)42-22-12-5-13-23-42)59(53)63-54-30-26-43(39-16-6-2-7-17-39)34-48(54)49-35-44(27-31-55(49)63)40-18-8-3-9-19-40/h2-38H. The largest absolute Gasteiger partial charge is 0.317 e. The van der Waals surface area contributed by atoms with Gasteiger partial charge >= 0.3 is 0 Å². The number of hydrogen-bond acceptors (Lipinski definition) is 1. The zero-order valence-corrected chi connectivity index (χ0v) is 35.9. The average molecular weight is 844 g/mol. The van der Waals surface area contributed by atoms with Crippen molar-refractivity contribution in [2.75, 3.05) is 0 Å². The Morgan fingerprint density at radius 1 is 0.308 bits per heavy atom. The van der Waals surface area contributed by atoms with E-state index in [1.165, 1.54) is 27.0 Å². The maximum absolute atomic E-state index is 9.03. The Morgan fingerprint density at radius 2 is 0.662 bits per heavy atom. The average Bonchev–Trinajstić information content (AvgIpc) is 4.03. The molecule has 13 rings (SSSR count). The maximum Gasteiger partial charge on any atom is 0.213 e. The molecule has 4 heteroatoms. The van der Waals surface area contributed by atoms with Gasteiger partial charge in [0.15, 0.2) is 0 Å². The Kier molecular flexibility index (Phi) is 8.46. The molecule has 0 bridgehead atoms. The van der Waals surface area contributed by atoms with Crippen LogP contribution in [0.3, 0.4) is 0 Å². The molecule has 10 aromatic carbocycles. The van der Waals surface area contributed by atoms with Gasteiger partial charge in [-0.1, -0.05) is 164 Å². The van der Waals surface area contributed by atoms with Gasteiger partial charge in [-0.3, -0.25) is 0 Å². The summed E-state index contributed by atoms with van der Waals surface area (Å²) in [5.41, 5.74) is 16.1. The van der Waals surface area contributed by atoms with E-state index in [0.717, 1.165) is 92.7 Å². The van der Waals surface area contributed by atoms with E-state index in [9.17, 15) is 0 Å². The van der Waals surface area contributed by atoms with Crippen molar-refractivity contribution in [3.05, 3.63) is 236 Å². The van der Waals surface area contributed by atoms with E-state index < -0.39 is 0 Å². The molecule has 3 aromatic heterocycles. The summed E-state index contributed by atoms with van der Waals surface area (Å²) in [5, 5.41) is 6.85. The summed E-state index contributed by atoms with van der Waals surface area (Å²) >= 11 is 1.81. The number of benzene rings is 10. The van der Waals surface area contributed by atoms with E-state index in [-0.39, 0.29) is 0 Å². The van der Waals surface area contributed by atoms with Crippen LogP contribution in [0.2, 0.25) is 0 Å². The Labute approximate surface area is 379 Å². The molecule has 3 heterocycles. The lowest BCUT2D eigenvalue weighted by molar-refractivity contribution is 1.12. The van der Waals surface area contributed by atoms with Crippen molar-refractivity contribution in [2.24, 2.45) is 0 Å². The van der Waals surface area contributed by atoms with Crippen molar-refractivity contribution in [2.45, 2.75) is 0 Å². The minimum atomic E-state index is 0.603. The topological polar surface area (TPSA) is 14.2 Å². The second kappa shape index (κ2) is 14.8. The molecular weight excluding hydrogens is 807 g/mol. The summed E-state index contributed by atoms with van der Waals surface area (Å²) in [6, 6.07) is 80.8. The minimum absolute atomic E-state index is 0.603. The van der Waals surface area contributed by atoms with Gasteiger partial charge in [0.2, 0.25) is 5.69 Å². The third-order valence-corrected chi connectivity index (χ3v) is 14.3. The summed E-state index contributed by atoms with van der Waals surface area (Å²) < 4.78 is 7.18. The number of aromatic nitrogens is 2. The Balaban J connectivity index is 1.19. The number of thiophene rings is 1. The lowest BCUT2D eigenvalue weighted by atomic mass is 10.0. The van der Waals surface area contributed by atoms with Crippen LogP contribution in [-0.4, -0.2) is 9.13 Å². The molecule has 0 fully saturated rings. The van der Waals surface area contributed by atoms with Crippen LogP contribution in [0.25, 0.3) is 125 Å². The third-order valence-electron chi connectivity index (χ3n) is 13.1. The molecule has 0 amide bonds. The van der Waals surface area contributed by atoms with E-state index in [0.29, 0.717) is 5.69 Å². The SMILES string of the molecule is [C-]#[N+]c1cc2c(sc3ccccc32)c(-n2c3ccc(-c4ccccc4)cc3c3cc(-c4ccccc4)ccc32)c1-n1c2ccc(-c3ccccc3)cc2c2cc(-c3ccccc3)ccc21. The van der Waals surface area contributed by atoms with Crippen LogP contribution in [-0.2, 0) is 0 Å². The molecule has 65 heavy (non-hydrogen) atoms. The Morgan fingerprint density at radius 3 is 1.05 bits per heavy atom. The fourth-order valence-corrected chi connectivity index (χ4v) is 11.3. The van der Waals surface area contributed by atoms with Crippen LogP contribution >= 0.6 is 11.3 Å². The highest BCUT2D eigenvalue weighted by Gasteiger charge is 2.27. The van der Waals surface area contributed by atoms with Crippen LogP contribution in [0.4, 0.5) is 5.69 Å². The summed E-state index contributed by atoms with van der Waals surface area (Å²) in [4.78, 5) is 4.47. The van der Waals surface area contributed by atoms with E-state index in [2.05, 4.69) is 238 Å². The molecule has 0 atom stereocenters. The zero-order valence-electron chi connectivity index (χ0n) is 35.1. The molecule has 0 aliphatic heterocycles. The van der Waals surface area contributed by atoms with Gasteiger partial charge in [0.05, 0.1) is 44.7 Å². The van der Waals surface area contributed by atoms with Crippen LogP contribution in [0.5, 0.6) is 0 Å². The minimum Gasteiger partial charge on any atom is -0.317 e. The molecule has 3 nitrogen and oxygen atoms in total. The smallest absolute Gasteiger partial charge is 0.213 e. The highest BCUT2D eigenvalue weighted by molar-refractivity contribution is 7.26. The van der Waals surface area contributed by atoms with Gasteiger partial charge in [-0.15, -0.1) is 11.3 Å². The number of nitrogens with zero attached hydrogens (tertiary/aromatic N) is 3. The Hall–Kier alpha value is -8.49. The van der Waals surface area contributed by atoms with Crippen LogP contribution in [0, 0.1) is 6.57 Å². The zero-order chi connectivity index (χ0) is 43.0. The van der Waals surface area contributed by atoms with Crippen molar-refractivity contribution in [1.29, 1.82) is 0 Å². The molecule has 0 aliphatic rings. The number of hydrogen-bond donors (Lipinski definition) is 0. The fraction of sp³-hybridized carbons (Fsp3) is 0. The van der Waals surface area contributed by atoms with Crippen LogP contribution in [0.1, 0.15) is 0 Å². The summed E-state index contributed by atoms with van der Waals surface area (Å²) in [5.74, 6) is 0. The third kappa shape index (κ3) is 5.87. The predicted molar refractivity (Wildman–Crippen MR) is 276 cm³/mol. The lowest BCUT2D eigenvalue weighted by Gasteiger charge is -2.20. The molecule has 0 radical (unpaired) electrons. The predicted octanol–water partition coefficient (Wildman–Crippen LogP) is 17.5. The van der Waals surface area contributed by atoms with Crippen LogP contribution < -0.4 is 0 Å². The van der Waals surface area contributed by atoms with E-state index >= 15 is 0 Å². The number of fused-ring (bicyclic) bond motifs is 9. The Bertz CT molecular complexity index is 3850. The fourth-order valence-electron chi connectivity index (χ4n) is 10.1. The lowest BCUT2D eigenvalue weighted by Crippen LogP contribution is -2.04. The monoisotopic (exact) mass is 843 g/mol. The molecular formula is C61H37N3S. The van der Waals surface area contributed by atoms with Crippen molar-refractivity contribution in [3.63, 3.8) is 0 Å². The van der Waals surface area contributed by atoms with E-state index in [4.69, 9.17) is 6.57 Å².